The van der Waals surface area contributed by atoms with Gasteiger partial charge in [-0.3, -0.25) is 9.59 Å². The van der Waals surface area contributed by atoms with E-state index < -0.39 is 18.2 Å². The van der Waals surface area contributed by atoms with Gasteiger partial charge in [-0.2, -0.15) is 5.26 Å². The SMILES string of the molecule is COc1cccc2c1C(=O)c1c(cc(CO)c(-c3ccc(C#N)cc3)c1O)C2=O. The van der Waals surface area contributed by atoms with Gasteiger partial charge in [-0.25, -0.2) is 0 Å². The Labute approximate surface area is 166 Å². The zero-order valence-corrected chi connectivity index (χ0v) is 15.4. The van der Waals surface area contributed by atoms with E-state index in [9.17, 15) is 19.8 Å². The predicted octanol–water partition coefficient (Wildman–Crippen LogP) is 3.21. The first-order valence-electron chi connectivity index (χ1n) is 8.78. The van der Waals surface area contributed by atoms with Crippen molar-refractivity contribution in [3.05, 3.63) is 81.9 Å². The number of hydrogen-bond donors (Lipinski definition) is 2. The Bertz CT molecular complexity index is 1220. The smallest absolute Gasteiger partial charge is 0.201 e. The van der Waals surface area contributed by atoms with E-state index in [1.54, 1.807) is 36.4 Å². The minimum absolute atomic E-state index is 0.0368. The lowest BCUT2D eigenvalue weighted by Crippen LogP contribution is -2.22. The number of fused-ring (bicyclic) bond motifs is 2. The Morgan fingerprint density at radius 2 is 1.69 bits per heavy atom. The maximum absolute atomic E-state index is 13.2. The number of carbonyl (C=O) groups excluding carboxylic acids is 2. The van der Waals surface area contributed by atoms with Crippen molar-refractivity contribution in [1.82, 2.24) is 0 Å². The van der Waals surface area contributed by atoms with Gasteiger partial charge in [0.25, 0.3) is 0 Å². The molecule has 0 unspecified atom stereocenters. The van der Waals surface area contributed by atoms with Crippen molar-refractivity contribution < 1.29 is 24.5 Å². The molecule has 0 bridgehead atoms. The van der Waals surface area contributed by atoms with Gasteiger partial charge >= 0.3 is 0 Å². The maximum Gasteiger partial charge on any atom is 0.201 e. The lowest BCUT2D eigenvalue weighted by atomic mass is 9.80. The third-order valence-corrected chi connectivity index (χ3v) is 5.05. The number of aliphatic hydroxyl groups excluding tert-OH is 1. The van der Waals surface area contributed by atoms with Crippen molar-refractivity contribution in [1.29, 1.82) is 5.26 Å². The van der Waals surface area contributed by atoms with E-state index in [2.05, 4.69) is 0 Å². The van der Waals surface area contributed by atoms with Gasteiger partial charge in [0.05, 0.1) is 36.5 Å². The number of methoxy groups -OCH3 is 1. The monoisotopic (exact) mass is 385 g/mol. The standard InChI is InChI=1S/C23H15NO5/c1-29-17-4-2-3-15-19(17)23(28)20-16(21(15)26)9-14(11-25)18(22(20)27)13-7-5-12(10-24)6-8-13/h2-9,25,27H,11H2,1H3. The second-order valence-corrected chi connectivity index (χ2v) is 6.57. The zero-order chi connectivity index (χ0) is 20.7. The first-order valence-corrected chi connectivity index (χ1v) is 8.78. The van der Waals surface area contributed by atoms with Crippen molar-refractivity contribution in [2.75, 3.05) is 7.11 Å². The van der Waals surface area contributed by atoms with Gasteiger partial charge in [-0.15, -0.1) is 0 Å². The Balaban J connectivity index is 2.01. The summed E-state index contributed by atoms with van der Waals surface area (Å²) in [5.41, 5.74) is 1.70. The predicted molar refractivity (Wildman–Crippen MR) is 104 cm³/mol. The van der Waals surface area contributed by atoms with Gasteiger partial charge < -0.3 is 14.9 Å². The van der Waals surface area contributed by atoms with Crippen LogP contribution in [0.25, 0.3) is 11.1 Å². The molecule has 0 saturated heterocycles. The topological polar surface area (TPSA) is 108 Å². The molecule has 3 aromatic carbocycles. The van der Waals surface area contributed by atoms with Crippen LogP contribution in [0, 0.1) is 11.3 Å². The van der Waals surface area contributed by atoms with Gasteiger partial charge in [0, 0.05) is 16.7 Å². The van der Waals surface area contributed by atoms with Crippen LogP contribution in [0.2, 0.25) is 0 Å². The van der Waals surface area contributed by atoms with E-state index in [1.807, 2.05) is 6.07 Å². The van der Waals surface area contributed by atoms with Crippen LogP contribution in [0.1, 0.15) is 43.0 Å². The summed E-state index contributed by atoms with van der Waals surface area (Å²) < 4.78 is 5.25. The minimum atomic E-state index is -0.524. The normalized spacial score (nSPS) is 12.2. The molecule has 0 aliphatic heterocycles. The summed E-state index contributed by atoms with van der Waals surface area (Å²) in [7, 11) is 1.40. The summed E-state index contributed by atoms with van der Waals surface area (Å²) in [4.78, 5) is 26.3. The van der Waals surface area contributed by atoms with Crippen LogP contribution in [0.15, 0.2) is 48.5 Å². The number of nitriles is 1. The van der Waals surface area contributed by atoms with Gasteiger partial charge in [0.2, 0.25) is 5.78 Å². The zero-order valence-electron chi connectivity index (χ0n) is 15.4. The van der Waals surface area contributed by atoms with Crippen LogP contribution in [-0.2, 0) is 6.61 Å². The van der Waals surface area contributed by atoms with Gasteiger partial charge in [0.15, 0.2) is 5.78 Å². The molecular formula is C23H15NO5. The lowest BCUT2D eigenvalue weighted by molar-refractivity contribution is 0.0974. The van der Waals surface area contributed by atoms with E-state index in [1.165, 1.54) is 19.2 Å². The molecule has 0 radical (unpaired) electrons. The maximum atomic E-state index is 13.2. The van der Waals surface area contributed by atoms with Gasteiger partial charge in [0.1, 0.15) is 11.5 Å². The van der Waals surface area contributed by atoms with Crippen LogP contribution in [0.4, 0.5) is 0 Å². The minimum Gasteiger partial charge on any atom is -0.506 e. The highest BCUT2D eigenvalue weighted by atomic mass is 16.5. The Morgan fingerprint density at radius 3 is 2.31 bits per heavy atom. The summed E-state index contributed by atoms with van der Waals surface area (Å²) in [5.74, 6) is -1.09. The molecule has 4 rings (SSSR count). The molecule has 142 valence electrons. The van der Waals surface area contributed by atoms with Gasteiger partial charge in [-0.05, 0) is 35.4 Å². The molecule has 2 N–H and O–H groups in total. The molecule has 0 fully saturated rings. The number of hydrogen-bond acceptors (Lipinski definition) is 6. The largest absolute Gasteiger partial charge is 0.506 e. The molecule has 1 aliphatic rings. The molecule has 0 spiro atoms. The molecular weight excluding hydrogens is 370 g/mol. The average Bonchev–Trinajstić information content (AvgIpc) is 2.76. The number of carbonyl (C=O) groups is 2. The summed E-state index contributed by atoms with van der Waals surface area (Å²) >= 11 is 0. The Morgan fingerprint density at radius 1 is 0.966 bits per heavy atom. The van der Waals surface area contributed by atoms with E-state index in [-0.39, 0.29) is 39.3 Å². The molecule has 0 amide bonds. The molecule has 1 aliphatic carbocycles. The fourth-order valence-corrected chi connectivity index (χ4v) is 3.69. The highest BCUT2D eigenvalue weighted by Gasteiger charge is 2.36. The van der Waals surface area contributed by atoms with Crippen LogP contribution >= 0.6 is 0 Å². The van der Waals surface area contributed by atoms with E-state index in [0.717, 1.165) is 0 Å². The number of aliphatic hydroxyl groups is 1. The number of ether oxygens (including phenoxy) is 1. The van der Waals surface area contributed by atoms with E-state index >= 15 is 0 Å². The van der Waals surface area contributed by atoms with E-state index in [4.69, 9.17) is 10.00 Å². The first kappa shape index (κ1) is 18.4. The number of phenols is 1. The molecule has 29 heavy (non-hydrogen) atoms. The highest BCUT2D eigenvalue weighted by molar-refractivity contribution is 6.30. The van der Waals surface area contributed by atoms with Gasteiger partial charge in [-0.1, -0.05) is 24.3 Å². The number of aromatic hydroxyl groups is 1. The van der Waals surface area contributed by atoms with Crippen LogP contribution in [-0.4, -0.2) is 28.9 Å². The third-order valence-electron chi connectivity index (χ3n) is 5.05. The van der Waals surface area contributed by atoms with Crippen molar-refractivity contribution in [2.24, 2.45) is 0 Å². The molecule has 0 heterocycles. The molecule has 0 aromatic heterocycles. The van der Waals surface area contributed by atoms with Crippen molar-refractivity contribution in [3.63, 3.8) is 0 Å². The Hall–Kier alpha value is -3.95. The summed E-state index contributed by atoms with van der Waals surface area (Å²) in [6.07, 6.45) is 0. The first-order chi connectivity index (χ1) is 14.0. The second-order valence-electron chi connectivity index (χ2n) is 6.57. The fourth-order valence-electron chi connectivity index (χ4n) is 3.69. The number of ketones is 2. The van der Waals surface area contributed by atoms with Crippen LogP contribution in [0.5, 0.6) is 11.5 Å². The molecule has 3 aromatic rings. The number of benzene rings is 3. The van der Waals surface area contributed by atoms with Crippen LogP contribution < -0.4 is 4.74 Å². The quantitative estimate of drug-likeness (QED) is 0.561. The van der Waals surface area contributed by atoms with Crippen molar-refractivity contribution >= 4 is 11.6 Å². The summed E-state index contributed by atoms with van der Waals surface area (Å²) in [6.45, 7) is -0.442. The lowest BCUT2D eigenvalue weighted by Gasteiger charge is -2.23. The van der Waals surface area contributed by atoms with Crippen molar-refractivity contribution in [2.45, 2.75) is 6.61 Å². The van der Waals surface area contributed by atoms with Crippen molar-refractivity contribution in [3.8, 4) is 28.7 Å². The highest BCUT2D eigenvalue weighted by Crippen LogP contribution is 2.43. The second kappa shape index (κ2) is 6.89. The number of phenolic OH excluding ortho intramolecular Hbond substituents is 1. The third kappa shape index (κ3) is 2.68. The average molecular weight is 385 g/mol. The fraction of sp³-hybridized carbons (Fsp3) is 0.0870. The van der Waals surface area contributed by atoms with Crippen LogP contribution in [0.3, 0.4) is 0 Å². The van der Waals surface area contributed by atoms with E-state index in [0.29, 0.717) is 16.7 Å². The molecule has 6 nitrogen and oxygen atoms in total. The summed E-state index contributed by atoms with van der Waals surface area (Å²) in [6, 6.07) is 14.5. The molecule has 0 saturated carbocycles. The molecule has 6 heteroatoms. The number of nitrogens with zero attached hydrogens (tertiary/aromatic N) is 1. The Kier molecular flexibility index (Phi) is 4.38. The summed E-state index contributed by atoms with van der Waals surface area (Å²) in [5, 5.41) is 29.9. The molecule has 0 atom stereocenters. The number of rotatable bonds is 3.